The summed E-state index contributed by atoms with van der Waals surface area (Å²) in [5, 5.41) is -0.135. The first-order valence-corrected chi connectivity index (χ1v) is 6.29. The highest BCUT2D eigenvalue weighted by atomic mass is 35.5. The Morgan fingerprint density at radius 1 is 1.10 bits per heavy atom. The second-order valence-corrected chi connectivity index (χ2v) is 4.83. The molecule has 110 valence electrons. The number of hydrogen-bond donors (Lipinski definition) is 0. The van der Waals surface area contributed by atoms with Gasteiger partial charge in [-0.25, -0.2) is 4.39 Å². The molecule has 6 heteroatoms. The van der Waals surface area contributed by atoms with E-state index >= 15 is 0 Å². The summed E-state index contributed by atoms with van der Waals surface area (Å²) in [5.74, 6) is -1.12. The molecule has 2 rings (SSSR count). The predicted molar refractivity (Wildman–Crippen MR) is 70.9 cm³/mol. The standard InChI is InChI=1S/C15H9ClF4O/c16-12-6-9(4-5-13(12)17)7-14(21)10-2-1-3-11(8-10)15(18,19)20/h1-6,8H,7H2. The zero-order valence-electron chi connectivity index (χ0n) is 10.5. The maximum Gasteiger partial charge on any atom is 0.416 e. The molecule has 0 amide bonds. The van der Waals surface area contributed by atoms with Gasteiger partial charge in [-0.1, -0.05) is 29.8 Å². The number of ketones is 1. The summed E-state index contributed by atoms with van der Waals surface area (Å²) in [6.07, 6.45) is -4.66. The van der Waals surface area contributed by atoms with Crippen molar-refractivity contribution < 1.29 is 22.4 Å². The molecule has 21 heavy (non-hydrogen) atoms. The van der Waals surface area contributed by atoms with Crippen LogP contribution in [-0.2, 0) is 12.6 Å². The van der Waals surface area contributed by atoms with Crippen LogP contribution < -0.4 is 0 Å². The molecule has 0 aliphatic rings. The van der Waals surface area contributed by atoms with Gasteiger partial charge in [0.15, 0.2) is 5.78 Å². The van der Waals surface area contributed by atoms with Gasteiger partial charge < -0.3 is 0 Å². The highest BCUT2D eigenvalue weighted by molar-refractivity contribution is 6.30. The molecule has 0 aromatic heterocycles. The summed E-state index contributed by atoms with van der Waals surface area (Å²) in [4.78, 5) is 12.0. The minimum Gasteiger partial charge on any atom is -0.294 e. The van der Waals surface area contributed by atoms with Crippen molar-refractivity contribution in [2.24, 2.45) is 0 Å². The third kappa shape index (κ3) is 3.82. The molecule has 0 atom stereocenters. The second kappa shape index (κ2) is 5.85. The van der Waals surface area contributed by atoms with Crippen LogP contribution in [0.15, 0.2) is 42.5 Å². The quantitative estimate of drug-likeness (QED) is 0.580. The predicted octanol–water partition coefficient (Wildman–Crippen LogP) is 4.92. The van der Waals surface area contributed by atoms with Crippen molar-refractivity contribution in [1.29, 1.82) is 0 Å². The minimum absolute atomic E-state index is 0.0507. The molecule has 0 saturated carbocycles. The van der Waals surface area contributed by atoms with Gasteiger partial charge in [-0.05, 0) is 29.8 Å². The number of carbonyl (C=O) groups is 1. The van der Waals surface area contributed by atoms with Crippen LogP contribution in [0.25, 0.3) is 0 Å². The van der Waals surface area contributed by atoms with Crippen molar-refractivity contribution >= 4 is 17.4 Å². The first-order valence-electron chi connectivity index (χ1n) is 5.92. The summed E-state index contributed by atoms with van der Waals surface area (Å²) in [5.41, 5.74) is -0.500. The molecule has 0 saturated heterocycles. The van der Waals surface area contributed by atoms with Crippen molar-refractivity contribution in [3.63, 3.8) is 0 Å². The number of alkyl halides is 3. The molecule has 1 nitrogen and oxygen atoms in total. The third-order valence-corrected chi connectivity index (χ3v) is 3.15. The largest absolute Gasteiger partial charge is 0.416 e. The zero-order chi connectivity index (χ0) is 15.6. The SMILES string of the molecule is O=C(Cc1ccc(F)c(Cl)c1)c1cccc(C(F)(F)F)c1. The lowest BCUT2D eigenvalue weighted by molar-refractivity contribution is -0.137. The van der Waals surface area contributed by atoms with E-state index in [-0.39, 0.29) is 17.0 Å². The van der Waals surface area contributed by atoms with Gasteiger partial charge in [0.05, 0.1) is 10.6 Å². The van der Waals surface area contributed by atoms with Crippen LogP contribution >= 0.6 is 11.6 Å². The first kappa shape index (κ1) is 15.5. The summed E-state index contributed by atoms with van der Waals surface area (Å²) < 4.78 is 50.8. The van der Waals surface area contributed by atoms with E-state index in [0.717, 1.165) is 18.2 Å². The van der Waals surface area contributed by atoms with Gasteiger partial charge in [0.2, 0.25) is 0 Å². The average Bonchev–Trinajstić information content (AvgIpc) is 2.42. The van der Waals surface area contributed by atoms with Gasteiger partial charge >= 0.3 is 6.18 Å². The molecule has 0 unspecified atom stereocenters. The molecule has 0 aliphatic carbocycles. The van der Waals surface area contributed by atoms with E-state index in [9.17, 15) is 22.4 Å². The van der Waals surface area contributed by atoms with Gasteiger partial charge in [-0.2, -0.15) is 13.2 Å². The van der Waals surface area contributed by atoms with E-state index in [1.54, 1.807) is 0 Å². The highest BCUT2D eigenvalue weighted by Gasteiger charge is 2.30. The van der Waals surface area contributed by atoms with Crippen LogP contribution in [0.1, 0.15) is 21.5 Å². The smallest absolute Gasteiger partial charge is 0.294 e. The second-order valence-electron chi connectivity index (χ2n) is 4.43. The average molecular weight is 317 g/mol. The summed E-state index contributed by atoms with van der Waals surface area (Å²) >= 11 is 5.59. The van der Waals surface area contributed by atoms with E-state index in [0.29, 0.717) is 5.56 Å². The minimum atomic E-state index is -4.50. The van der Waals surface area contributed by atoms with Gasteiger partial charge in [-0.15, -0.1) is 0 Å². The number of halogens is 5. The fourth-order valence-corrected chi connectivity index (χ4v) is 2.01. The molecule has 2 aromatic rings. The van der Waals surface area contributed by atoms with Crippen LogP contribution in [0, 0.1) is 5.82 Å². The molecule has 0 bridgehead atoms. The van der Waals surface area contributed by atoms with E-state index in [2.05, 4.69) is 0 Å². The molecule has 0 radical (unpaired) electrons. The molecular weight excluding hydrogens is 308 g/mol. The maximum absolute atomic E-state index is 13.0. The molecule has 0 spiro atoms. The lowest BCUT2D eigenvalue weighted by Gasteiger charge is -2.08. The maximum atomic E-state index is 13.0. The van der Waals surface area contributed by atoms with Crippen LogP contribution in [0.2, 0.25) is 5.02 Å². The summed E-state index contributed by atoms with van der Waals surface area (Å²) in [7, 11) is 0. The molecule has 0 fully saturated rings. The first-order chi connectivity index (χ1) is 9.77. The highest BCUT2D eigenvalue weighted by Crippen LogP contribution is 2.29. The third-order valence-electron chi connectivity index (χ3n) is 2.86. The van der Waals surface area contributed by atoms with Crippen molar-refractivity contribution in [3.05, 3.63) is 70.0 Å². The summed E-state index contributed by atoms with van der Waals surface area (Å²) in [6, 6.07) is 7.93. The Kier molecular flexibility index (Phi) is 4.32. The Bertz CT molecular complexity index is 680. The van der Waals surface area contributed by atoms with Crippen molar-refractivity contribution in [2.75, 3.05) is 0 Å². The van der Waals surface area contributed by atoms with Crippen LogP contribution in [0.4, 0.5) is 17.6 Å². The van der Waals surface area contributed by atoms with Crippen molar-refractivity contribution in [3.8, 4) is 0 Å². The van der Waals surface area contributed by atoms with Crippen molar-refractivity contribution in [1.82, 2.24) is 0 Å². The van der Waals surface area contributed by atoms with Crippen LogP contribution in [0.3, 0.4) is 0 Å². The Morgan fingerprint density at radius 2 is 1.81 bits per heavy atom. The lowest BCUT2D eigenvalue weighted by atomic mass is 10.0. The Labute approximate surface area is 123 Å². The number of hydrogen-bond acceptors (Lipinski definition) is 1. The fraction of sp³-hybridized carbons (Fsp3) is 0.133. The van der Waals surface area contributed by atoms with Gasteiger partial charge in [0.1, 0.15) is 5.82 Å². The summed E-state index contributed by atoms with van der Waals surface area (Å²) in [6.45, 7) is 0. The number of benzene rings is 2. The van der Waals surface area contributed by atoms with Crippen LogP contribution in [0.5, 0.6) is 0 Å². The Balaban J connectivity index is 2.22. The van der Waals surface area contributed by atoms with E-state index in [1.807, 2.05) is 0 Å². The van der Waals surface area contributed by atoms with E-state index in [4.69, 9.17) is 11.6 Å². The number of carbonyl (C=O) groups excluding carboxylic acids is 1. The van der Waals surface area contributed by atoms with Crippen LogP contribution in [-0.4, -0.2) is 5.78 Å². The fourth-order valence-electron chi connectivity index (χ4n) is 1.81. The lowest BCUT2D eigenvalue weighted by Crippen LogP contribution is -2.09. The van der Waals surface area contributed by atoms with Gasteiger partial charge in [-0.3, -0.25) is 4.79 Å². The van der Waals surface area contributed by atoms with Gasteiger partial charge in [0.25, 0.3) is 0 Å². The van der Waals surface area contributed by atoms with E-state index in [1.165, 1.54) is 24.3 Å². The Hall–Kier alpha value is -1.88. The molecule has 2 aromatic carbocycles. The van der Waals surface area contributed by atoms with E-state index < -0.39 is 23.3 Å². The van der Waals surface area contributed by atoms with Gasteiger partial charge in [0, 0.05) is 12.0 Å². The zero-order valence-corrected chi connectivity index (χ0v) is 11.3. The normalized spacial score (nSPS) is 11.5. The molecular formula is C15H9ClF4O. The topological polar surface area (TPSA) is 17.1 Å². The monoisotopic (exact) mass is 316 g/mol. The number of rotatable bonds is 3. The molecule has 0 heterocycles. The molecule has 0 aliphatic heterocycles. The Morgan fingerprint density at radius 3 is 2.43 bits per heavy atom. The van der Waals surface area contributed by atoms with Crippen molar-refractivity contribution in [2.45, 2.75) is 12.6 Å². The number of Topliss-reactive ketones (excluding diaryl/α,β-unsaturated/α-hetero) is 1. The molecule has 0 N–H and O–H groups in total.